The molecule has 0 unspecified atom stereocenters. The predicted molar refractivity (Wildman–Crippen MR) is 77.8 cm³/mol. The Morgan fingerprint density at radius 1 is 1.21 bits per heavy atom. The fourth-order valence-electron chi connectivity index (χ4n) is 1.70. The second-order valence-electron chi connectivity index (χ2n) is 4.16. The first-order chi connectivity index (χ1) is 9.10. The van der Waals surface area contributed by atoms with Crippen molar-refractivity contribution in [1.29, 1.82) is 0 Å². The molecule has 0 spiro atoms. The summed E-state index contributed by atoms with van der Waals surface area (Å²) in [7, 11) is 0. The van der Waals surface area contributed by atoms with E-state index >= 15 is 0 Å². The Kier molecular flexibility index (Phi) is 4.12. The molecule has 98 valence electrons. The lowest BCUT2D eigenvalue weighted by atomic mass is 10.1. The van der Waals surface area contributed by atoms with Crippen molar-refractivity contribution < 1.29 is 9.90 Å². The summed E-state index contributed by atoms with van der Waals surface area (Å²) in [5, 5.41) is 8.84. The van der Waals surface area contributed by atoms with Crippen LogP contribution in [0.2, 0.25) is 0 Å². The minimum absolute atomic E-state index is 0.290. The van der Waals surface area contributed by atoms with Crippen LogP contribution in [0.3, 0.4) is 0 Å². The summed E-state index contributed by atoms with van der Waals surface area (Å²) in [5.41, 5.74) is 8.27. The largest absolute Gasteiger partial charge is 0.478 e. The van der Waals surface area contributed by atoms with Gasteiger partial charge < -0.3 is 10.8 Å². The molecule has 0 atom stereocenters. The van der Waals surface area contributed by atoms with Crippen LogP contribution in [0, 0.1) is 0 Å². The van der Waals surface area contributed by atoms with Crippen molar-refractivity contribution in [2.24, 2.45) is 0 Å². The number of aryl methyl sites for hydroxylation is 1. The number of carbonyl (C=O) groups is 1. The van der Waals surface area contributed by atoms with Crippen molar-refractivity contribution >= 4 is 23.4 Å². The van der Waals surface area contributed by atoms with Crippen LogP contribution >= 0.6 is 11.8 Å². The molecule has 4 heteroatoms. The van der Waals surface area contributed by atoms with Crippen molar-refractivity contribution in [3.63, 3.8) is 0 Å². The van der Waals surface area contributed by atoms with E-state index in [4.69, 9.17) is 10.8 Å². The molecule has 0 aromatic heterocycles. The van der Waals surface area contributed by atoms with Crippen LogP contribution in [0.25, 0.3) is 0 Å². The second-order valence-corrected chi connectivity index (χ2v) is 5.27. The number of benzene rings is 2. The molecule has 0 aliphatic heterocycles. The third-order valence-corrected chi connectivity index (χ3v) is 3.91. The maximum absolute atomic E-state index is 10.8. The SMILES string of the molecule is CCc1ccc(Sc2ccc(C(=O)O)cc2)c(N)c1. The number of hydrogen-bond donors (Lipinski definition) is 2. The molecule has 19 heavy (non-hydrogen) atoms. The highest BCUT2D eigenvalue weighted by molar-refractivity contribution is 7.99. The van der Waals surface area contributed by atoms with Crippen LogP contribution in [0.5, 0.6) is 0 Å². The number of nitrogens with two attached hydrogens (primary N) is 1. The highest BCUT2D eigenvalue weighted by Gasteiger charge is 2.05. The van der Waals surface area contributed by atoms with Crippen LogP contribution in [0.15, 0.2) is 52.3 Å². The Hall–Kier alpha value is -1.94. The maximum Gasteiger partial charge on any atom is 0.335 e. The Bertz CT molecular complexity index is 594. The number of nitrogen functional groups attached to an aromatic ring is 1. The van der Waals surface area contributed by atoms with Gasteiger partial charge in [0.2, 0.25) is 0 Å². The van der Waals surface area contributed by atoms with Crippen LogP contribution in [0.1, 0.15) is 22.8 Å². The van der Waals surface area contributed by atoms with Crippen LogP contribution in [-0.2, 0) is 6.42 Å². The van der Waals surface area contributed by atoms with Gasteiger partial charge in [-0.25, -0.2) is 4.79 Å². The van der Waals surface area contributed by atoms with Crippen LogP contribution in [0.4, 0.5) is 5.69 Å². The van der Waals surface area contributed by atoms with Gasteiger partial charge in [0.1, 0.15) is 0 Å². The lowest BCUT2D eigenvalue weighted by Crippen LogP contribution is -1.95. The first-order valence-electron chi connectivity index (χ1n) is 5.99. The number of anilines is 1. The molecule has 0 aliphatic rings. The highest BCUT2D eigenvalue weighted by atomic mass is 32.2. The summed E-state index contributed by atoms with van der Waals surface area (Å²) in [5.74, 6) is -0.914. The predicted octanol–water partition coefficient (Wildman–Crippen LogP) is 3.68. The van der Waals surface area contributed by atoms with Gasteiger partial charge in [0.15, 0.2) is 0 Å². The van der Waals surface area contributed by atoms with Crippen LogP contribution < -0.4 is 5.73 Å². The Morgan fingerprint density at radius 3 is 2.42 bits per heavy atom. The van der Waals surface area contributed by atoms with Gasteiger partial charge in [-0.05, 0) is 48.4 Å². The summed E-state index contributed by atoms with van der Waals surface area (Å²) in [6.45, 7) is 2.09. The van der Waals surface area contributed by atoms with Crippen molar-refractivity contribution in [3.05, 3.63) is 53.6 Å². The second kappa shape index (κ2) is 5.80. The Balaban J connectivity index is 2.19. The summed E-state index contributed by atoms with van der Waals surface area (Å²) in [6, 6.07) is 12.8. The number of aromatic carboxylic acids is 1. The topological polar surface area (TPSA) is 63.3 Å². The van der Waals surface area contributed by atoms with Gasteiger partial charge in [0, 0.05) is 15.5 Å². The zero-order chi connectivity index (χ0) is 13.8. The monoisotopic (exact) mass is 273 g/mol. The Morgan fingerprint density at radius 2 is 1.89 bits per heavy atom. The van der Waals surface area contributed by atoms with Crippen molar-refractivity contribution in [2.45, 2.75) is 23.1 Å². The van der Waals surface area contributed by atoms with Crippen molar-refractivity contribution in [1.82, 2.24) is 0 Å². The zero-order valence-corrected chi connectivity index (χ0v) is 11.4. The molecule has 0 aliphatic carbocycles. The van der Waals surface area contributed by atoms with Gasteiger partial charge in [0.05, 0.1) is 5.56 Å². The van der Waals surface area contributed by atoms with Gasteiger partial charge in [-0.2, -0.15) is 0 Å². The molecular formula is C15H15NO2S. The average Bonchev–Trinajstić information content (AvgIpc) is 2.41. The average molecular weight is 273 g/mol. The molecule has 3 N–H and O–H groups in total. The van der Waals surface area contributed by atoms with Crippen LogP contribution in [-0.4, -0.2) is 11.1 Å². The van der Waals surface area contributed by atoms with Crippen molar-refractivity contribution in [3.8, 4) is 0 Å². The van der Waals surface area contributed by atoms with E-state index < -0.39 is 5.97 Å². The van der Waals surface area contributed by atoms with Gasteiger partial charge in [-0.15, -0.1) is 0 Å². The Labute approximate surface area is 116 Å². The first-order valence-corrected chi connectivity index (χ1v) is 6.81. The van der Waals surface area contributed by atoms with E-state index in [0.29, 0.717) is 5.56 Å². The van der Waals surface area contributed by atoms with Crippen molar-refractivity contribution in [2.75, 3.05) is 5.73 Å². The standard InChI is InChI=1S/C15H15NO2S/c1-2-10-3-8-14(13(16)9-10)19-12-6-4-11(5-7-12)15(17)18/h3-9H,2,16H2,1H3,(H,17,18). The van der Waals surface area contributed by atoms with E-state index in [1.54, 1.807) is 24.3 Å². The molecule has 0 heterocycles. The molecule has 0 fully saturated rings. The van der Waals surface area contributed by atoms with E-state index in [9.17, 15) is 4.79 Å². The molecule has 2 rings (SSSR count). The molecular weight excluding hydrogens is 258 g/mol. The van der Waals surface area contributed by atoms with Gasteiger partial charge in [-0.3, -0.25) is 0 Å². The lowest BCUT2D eigenvalue weighted by molar-refractivity contribution is 0.0697. The summed E-state index contributed by atoms with van der Waals surface area (Å²) < 4.78 is 0. The lowest BCUT2D eigenvalue weighted by Gasteiger charge is -2.07. The maximum atomic E-state index is 10.8. The molecule has 0 saturated heterocycles. The molecule has 0 amide bonds. The normalized spacial score (nSPS) is 10.4. The number of carboxylic acids is 1. The molecule has 0 radical (unpaired) electrons. The highest BCUT2D eigenvalue weighted by Crippen LogP contribution is 2.32. The molecule has 0 saturated carbocycles. The quantitative estimate of drug-likeness (QED) is 0.834. The molecule has 0 bridgehead atoms. The fraction of sp³-hybridized carbons (Fsp3) is 0.133. The summed E-state index contributed by atoms with van der Waals surface area (Å²) in [6.07, 6.45) is 0.961. The molecule has 2 aromatic rings. The first kappa shape index (κ1) is 13.5. The minimum Gasteiger partial charge on any atom is -0.478 e. The van der Waals surface area contributed by atoms with Gasteiger partial charge in [0.25, 0.3) is 0 Å². The van der Waals surface area contributed by atoms with E-state index in [1.807, 2.05) is 12.1 Å². The number of rotatable bonds is 4. The number of carboxylic acid groups (broad SMARTS) is 1. The fourth-order valence-corrected chi connectivity index (χ4v) is 2.54. The molecule has 2 aromatic carbocycles. The third kappa shape index (κ3) is 3.29. The number of hydrogen-bond acceptors (Lipinski definition) is 3. The molecule has 3 nitrogen and oxygen atoms in total. The van der Waals surface area contributed by atoms with E-state index in [-0.39, 0.29) is 0 Å². The summed E-state index contributed by atoms with van der Waals surface area (Å²) in [4.78, 5) is 12.7. The zero-order valence-electron chi connectivity index (χ0n) is 10.6. The summed E-state index contributed by atoms with van der Waals surface area (Å²) >= 11 is 1.54. The van der Waals surface area contributed by atoms with Gasteiger partial charge >= 0.3 is 5.97 Å². The van der Waals surface area contributed by atoms with E-state index in [1.165, 1.54) is 17.3 Å². The van der Waals surface area contributed by atoms with E-state index in [0.717, 1.165) is 21.9 Å². The van der Waals surface area contributed by atoms with E-state index in [2.05, 4.69) is 13.0 Å². The van der Waals surface area contributed by atoms with Gasteiger partial charge in [-0.1, -0.05) is 24.8 Å². The third-order valence-electron chi connectivity index (χ3n) is 2.81. The smallest absolute Gasteiger partial charge is 0.335 e. The minimum atomic E-state index is -0.914.